The molecule has 2 unspecified atom stereocenters. The molecule has 2 aromatic rings. The summed E-state index contributed by atoms with van der Waals surface area (Å²) in [4.78, 5) is 10.9. The maximum Gasteiger partial charge on any atom is 0.328 e. The van der Waals surface area contributed by atoms with Crippen molar-refractivity contribution in [1.29, 1.82) is 0 Å². The molecule has 0 aromatic heterocycles. The van der Waals surface area contributed by atoms with E-state index in [9.17, 15) is 15.0 Å². The first-order chi connectivity index (χ1) is 12.7. The molecule has 2 rings (SSSR count). The highest BCUT2D eigenvalue weighted by atomic mass is 16.5. The molecule has 0 radical (unpaired) electrons. The molecule has 2 aromatic carbocycles. The van der Waals surface area contributed by atoms with E-state index in [2.05, 4.69) is 0 Å². The van der Waals surface area contributed by atoms with Crippen molar-refractivity contribution in [3.8, 4) is 17.2 Å². The topological polar surface area (TPSA) is 96.2 Å². The fourth-order valence-electron chi connectivity index (χ4n) is 2.51. The zero-order chi connectivity index (χ0) is 20.0. The first kappa shape index (κ1) is 20.5. The highest BCUT2D eigenvalue weighted by Crippen LogP contribution is 2.39. The Morgan fingerprint density at radius 2 is 1.89 bits per heavy atom. The third-order valence-electron chi connectivity index (χ3n) is 4.27. The van der Waals surface area contributed by atoms with Crippen LogP contribution in [0.4, 0.5) is 0 Å². The van der Waals surface area contributed by atoms with E-state index < -0.39 is 17.7 Å². The maximum atomic E-state index is 10.9. The van der Waals surface area contributed by atoms with Crippen molar-refractivity contribution >= 4 is 12.0 Å². The molecule has 0 saturated carbocycles. The monoisotopic (exact) mass is 372 g/mol. The predicted octanol–water partition coefficient (Wildman–Crippen LogP) is 3.26. The number of carbonyl (C=O) groups is 1. The molecule has 0 aliphatic carbocycles. The van der Waals surface area contributed by atoms with E-state index in [4.69, 9.17) is 14.6 Å². The summed E-state index contributed by atoms with van der Waals surface area (Å²) in [5.41, 5.74) is -0.393. The molecule has 0 bridgehead atoms. The average Bonchev–Trinajstić information content (AvgIpc) is 2.62. The van der Waals surface area contributed by atoms with Gasteiger partial charge >= 0.3 is 5.97 Å². The van der Waals surface area contributed by atoms with Crippen LogP contribution in [0.15, 0.2) is 48.5 Å². The number of hydrogen-bond donors (Lipinski definition) is 3. The zero-order valence-corrected chi connectivity index (χ0v) is 15.5. The van der Waals surface area contributed by atoms with E-state index in [1.165, 1.54) is 27.0 Å². The van der Waals surface area contributed by atoms with Crippen LogP contribution in [0.1, 0.15) is 25.0 Å². The second-order valence-electron chi connectivity index (χ2n) is 6.46. The number of ether oxygens (including phenoxy) is 2. The van der Waals surface area contributed by atoms with Crippen molar-refractivity contribution in [3.63, 3.8) is 0 Å². The summed E-state index contributed by atoms with van der Waals surface area (Å²) in [5, 5.41) is 29.5. The molecule has 3 N–H and O–H groups in total. The van der Waals surface area contributed by atoms with Crippen LogP contribution >= 0.6 is 0 Å². The molecule has 0 amide bonds. The summed E-state index contributed by atoms with van der Waals surface area (Å²) in [6.07, 6.45) is 1.48. The molecule has 144 valence electrons. The number of aliphatic hydroxyl groups is 2. The Morgan fingerprint density at radius 3 is 2.44 bits per heavy atom. The number of rotatable bonds is 8. The Labute approximate surface area is 158 Å². The molecule has 0 fully saturated rings. The third kappa shape index (κ3) is 5.32. The molecule has 0 spiro atoms. The van der Waals surface area contributed by atoms with Gasteiger partial charge < -0.3 is 24.8 Å². The number of benzene rings is 2. The van der Waals surface area contributed by atoms with Gasteiger partial charge in [0.15, 0.2) is 0 Å². The average molecular weight is 372 g/mol. The Kier molecular flexibility index (Phi) is 6.60. The quantitative estimate of drug-likeness (QED) is 0.616. The summed E-state index contributed by atoms with van der Waals surface area (Å²) in [5.74, 6) is 0.288. The number of carboxylic acid groups (broad SMARTS) is 1. The minimum atomic E-state index is -1.43. The van der Waals surface area contributed by atoms with Gasteiger partial charge in [0.1, 0.15) is 17.2 Å². The molecule has 0 heterocycles. The fraction of sp³-hybridized carbons (Fsp3) is 0.286. The molecule has 6 nitrogen and oxygen atoms in total. The first-order valence-electron chi connectivity index (χ1n) is 8.49. The van der Waals surface area contributed by atoms with E-state index in [1.807, 2.05) is 18.2 Å². The van der Waals surface area contributed by atoms with Gasteiger partial charge in [-0.1, -0.05) is 18.2 Å². The predicted molar refractivity (Wildman–Crippen MR) is 102 cm³/mol. The number of carboxylic acids is 1. The number of aliphatic carboxylic acids is 1. The van der Waals surface area contributed by atoms with Gasteiger partial charge in [0.2, 0.25) is 0 Å². The third-order valence-corrected chi connectivity index (χ3v) is 4.27. The van der Waals surface area contributed by atoms with Crippen LogP contribution in [0, 0.1) is 0 Å². The Bertz CT molecular complexity index is 809. The van der Waals surface area contributed by atoms with Crippen LogP contribution in [0.25, 0.3) is 6.08 Å². The SMILES string of the molecule is COc1ccc(/C=C\C(=O)O)c(Oc2ccccc2)c1CC(C)(O)C(C)O. The van der Waals surface area contributed by atoms with Crippen LogP contribution in [-0.4, -0.2) is 40.1 Å². The number of aliphatic hydroxyl groups excluding tert-OH is 1. The van der Waals surface area contributed by atoms with Gasteiger partial charge in [0.05, 0.1) is 18.8 Å². The molecule has 0 saturated heterocycles. The lowest BCUT2D eigenvalue weighted by molar-refractivity contribution is -0.131. The molecule has 27 heavy (non-hydrogen) atoms. The van der Waals surface area contributed by atoms with Gasteiger partial charge in [-0.3, -0.25) is 0 Å². The van der Waals surface area contributed by atoms with Gasteiger partial charge in [-0.2, -0.15) is 0 Å². The summed E-state index contributed by atoms with van der Waals surface area (Å²) in [7, 11) is 1.50. The highest BCUT2D eigenvalue weighted by molar-refractivity contribution is 5.86. The van der Waals surface area contributed by atoms with Gasteiger partial charge in [0, 0.05) is 23.6 Å². The van der Waals surface area contributed by atoms with E-state index >= 15 is 0 Å². The lowest BCUT2D eigenvalue weighted by atomic mass is 9.89. The van der Waals surface area contributed by atoms with Crippen molar-refractivity contribution in [2.75, 3.05) is 7.11 Å². The van der Waals surface area contributed by atoms with Crippen molar-refractivity contribution in [2.45, 2.75) is 32.0 Å². The first-order valence-corrected chi connectivity index (χ1v) is 8.49. The van der Waals surface area contributed by atoms with Gasteiger partial charge in [-0.15, -0.1) is 0 Å². The molecule has 0 aliphatic rings. The highest BCUT2D eigenvalue weighted by Gasteiger charge is 2.31. The van der Waals surface area contributed by atoms with E-state index in [0.29, 0.717) is 28.4 Å². The van der Waals surface area contributed by atoms with E-state index in [0.717, 1.165) is 6.08 Å². The standard InChI is InChI=1S/C21H24O6/c1-14(22)21(2,25)13-17-18(26-3)11-9-15(10-12-19(23)24)20(17)27-16-7-5-4-6-8-16/h4-12,14,22,25H,13H2,1-3H3,(H,23,24)/b12-10-. The largest absolute Gasteiger partial charge is 0.496 e. The van der Waals surface area contributed by atoms with Crippen LogP contribution in [0.2, 0.25) is 0 Å². The summed E-state index contributed by atoms with van der Waals surface area (Å²) in [6.45, 7) is 3.02. The summed E-state index contributed by atoms with van der Waals surface area (Å²) in [6, 6.07) is 12.4. The number of para-hydroxylation sites is 1. The van der Waals surface area contributed by atoms with Crippen molar-refractivity contribution in [2.24, 2.45) is 0 Å². The van der Waals surface area contributed by atoms with Crippen LogP contribution < -0.4 is 9.47 Å². The molecular formula is C21H24O6. The second kappa shape index (κ2) is 8.70. The molecule has 2 atom stereocenters. The Hall–Kier alpha value is -2.83. The molecule has 6 heteroatoms. The summed E-state index contributed by atoms with van der Waals surface area (Å²) >= 11 is 0. The van der Waals surface area contributed by atoms with E-state index in [1.54, 1.807) is 24.3 Å². The van der Waals surface area contributed by atoms with Crippen LogP contribution in [0.5, 0.6) is 17.2 Å². The minimum Gasteiger partial charge on any atom is -0.496 e. The normalized spacial score (nSPS) is 14.6. The minimum absolute atomic E-state index is 0.0464. The van der Waals surface area contributed by atoms with Crippen molar-refractivity contribution in [3.05, 3.63) is 59.7 Å². The lowest BCUT2D eigenvalue weighted by Gasteiger charge is -2.28. The van der Waals surface area contributed by atoms with Gasteiger partial charge in [0.25, 0.3) is 0 Å². The Balaban J connectivity index is 2.62. The molecular weight excluding hydrogens is 348 g/mol. The number of methoxy groups -OCH3 is 1. The molecule has 0 aliphatic heterocycles. The smallest absolute Gasteiger partial charge is 0.328 e. The zero-order valence-electron chi connectivity index (χ0n) is 15.5. The van der Waals surface area contributed by atoms with Crippen molar-refractivity contribution < 1.29 is 29.6 Å². The van der Waals surface area contributed by atoms with Crippen molar-refractivity contribution in [1.82, 2.24) is 0 Å². The maximum absolute atomic E-state index is 10.9. The van der Waals surface area contributed by atoms with Crippen LogP contribution in [-0.2, 0) is 11.2 Å². The van der Waals surface area contributed by atoms with E-state index in [-0.39, 0.29) is 6.42 Å². The fourth-order valence-corrected chi connectivity index (χ4v) is 2.51. The summed E-state index contributed by atoms with van der Waals surface area (Å²) < 4.78 is 11.4. The van der Waals surface area contributed by atoms with Gasteiger partial charge in [-0.05, 0) is 44.2 Å². The van der Waals surface area contributed by atoms with Crippen LogP contribution in [0.3, 0.4) is 0 Å². The number of hydrogen-bond acceptors (Lipinski definition) is 5. The van der Waals surface area contributed by atoms with Gasteiger partial charge in [-0.25, -0.2) is 4.79 Å². The Morgan fingerprint density at radius 1 is 1.22 bits per heavy atom. The lowest BCUT2D eigenvalue weighted by Crippen LogP contribution is -2.39. The second-order valence-corrected chi connectivity index (χ2v) is 6.46.